The average molecular weight is 482 g/mol. The monoisotopic (exact) mass is 481 g/mol. The average Bonchev–Trinajstić information content (AvgIpc) is 3.40. The van der Waals surface area contributed by atoms with E-state index in [-0.39, 0.29) is 17.9 Å². The highest BCUT2D eigenvalue weighted by Crippen LogP contribution is 2.35. The fraction of sp³-hybridized carbons (Fsp3) is 0.481. The van der Waals surface area contributed by atoms with Crippen molar-refractivity contribution in [3.8, 4) is 0 Å². The summed E-state index contributed by atoms with van der Waals surface area (Å²) in [6, 6.07) is 11.4. The Hall–Kier alpha value is -2.73. The Kier molecular flexibility index (Phi) is 5.96. The fourth-order valence-electron chi connectivity index (χ4n) is 5.62. The lowest BCUT2D eigenvalue weighted by Gasteiger charge is -2.45. The zero-order valence-corrected chi connectivity index (χ0v) is 20.8. The molecule has 0 spiro atoms. The Bertz CT molecular complexity index is 1210. The van der Waals surface area contributed by atoms with Crippen molar-refractivity contribution in [2.75, 3.05) is 6.54 Å². The number of fused-ring (bicyclic) bond motifs is 3. The third-order valence-electron chi connectivity index (χ3n) is 8.10. The van der Waals surface area contributed by atoms with Crippen LogP contribution < -0.4 is 5.32 Å². The van der Waals surface area contributed by atoms with Crippen molar-refractivity contribution in [1.29, 1.82) is 0 Å². The van der Waals surface area contributed by atoms with Gasteiger partial charge in [-0.25, -0.2) is 0 Å². The molecular formula is C27H32ClN3O3. The maximum Gasteiger partial charge on any atom is 0.271 e. The van der Waals surface area contributed by atoms with Crippen LogP contribution in [0, 0.1) is 11.8 Å². The number of carbonyl (C=O) groups excluding carboxylic acids is 2. The zero-order chi connectivity index (χ0) is 24.0. The van der Waals surface area contributed by atoms with Crippen molar-refractivity contribution in [3.05, 3.63) is 58.9 Å². The predicted octanol–water partition coefficient (Wildman–Crippen LogP) is 5.29. The fourth-order valence-corrected chi connectivity index (χ4v) is 5.75. The minimum atomic E-state index is -1.01. The number of amides is 2. The van der Waals surface area contributed by atoms with Gasteiger partial charge in [0.2, 0.25) is 5.91 Å². The van der Waals surface area contributed by atoms with E-state index >= 15 is 0 Å². The van der Waals surface area contributed by atoms with Crippen LogP contribution in [0.4, 0.5) is 0 Å². The molecule has 4 unspecified atom stereocenters. The summed E-state index contributed by atoms with van der Waals surface area (Å²) in [4.78, 5) is 29.4. The molecule has 2 aliphatic rings. The Morgan fingerprint density at radius 3 is 2.74 bits per heavy atom. The van der Waals surface area contributed by atoms with Gasteiger partial charge in [-0.2, -0.15) is 0 Å². The highest BCUT2D eigenvalue weighted by Gasteiger charge is 2.48. The van der Waals surface area contributed by atoms with Gasteiger partial charge in [-0.05, 0) is 49.3 Å². The van der Waals surface area contributed by atoms with Gasteiger partial charge in [0.05, 0.1) is 18.3 Å². The molecule has 1 N–H and O–H groups in total. The maximum absolute atomic E-state index is 13.9. The second kappa shape index (κ2) is 8.81. The van der Waals surface area contributed by atoms with Gasteiger partial charge in [0.15, 0.2) is 5.58 Å². The Labute approximate surface area is 205 Å². The van der Waals surface area contributed by atoms with Gasteiger partial charge in [0.1, 0.15) is 11.2 Å². The lowest BCUT2D eigenvalue weighted by Crippen LogP contribution is -2.65. The van der Waals surface area contributed by atoms with Crippen LogP contribution in [0.5, 0.6) is 0 Å². The summed E-state index contributed by atoms with van der Waals surface area (Å²) in [5.74, 6) is 0.751. The number of carbonyl (C=O) groups is 2. The summed E-state index contributed by atoms with van der Waals surface area (Å²) >= 11 is 6.04. The van der Waals surface area contributed by atoms with E-state index in [4.69, 9.17) is 16.0 Å². The Morgan fingerprint density at radius 2 is 1.97 bits per heavy atom. The van der Waals surface area contributed by atoms with Crippen LogP contribution in [-0.4, -0.2) is 39.4 Å². The molecule has 0 radical (unpaired) electrons. The number of hydrogen-bond donors (Lipinski definition) is 1. The first-order valence-corrected chi connectivity index (χ1v) is 12.6. The first-order chi connectivity index (χ1) is 16.3. The molecule has 1 aliphatic carbocycles. The summed E-state index contributed by atoms with van der Waals surface area (Å²) in [5, 5.41) is 4.02. The van der Waals surface area contributed by atoms with E-state index in [0.29, 0.717) is 47.6 Å². The zero-order valence-electron chi connectivity index (χ0n) is 20.0. The van der Waals surface area contributed by atoms with Crippen molar-refractivity contribution in [3.63, 3.8) is 0 Å². The standard InChI is InChI=1S/C27H32ClN3O3/c1-17-5-4-6-21(18(17)2)29-26(33)27(3)16-30-22-12-14-34-24(22)15-23(30)25(32)31(27)13-11-19-7-9-20(28)10-8-19/h7-10,12,14-15,17-18,21H,4-6,11,13,16H2,1-3H3,(H,29,33). The summed E-state index contributed by atoms with van der Waals surface area (Å²) in [7, 11) is 0. The number of nitrogens with zero attached hydrogens (tertiary/aromatic N) is 2. The van der Waals surface area contributed by atoms with E-state index in [1.807, 2.05) is 41.8 Å². The number of furan rings is 1. The van der Waals surface area contributed by atoms with Gasteiger partial charge < -0.3 is 19.2 Å². The molecular weight excluding hydrogens is 450 g/mol. The van der Waals surface area contributed by atoms with Gasteiger partial charge in [0, 0.05) is 29.7 Å². The molecule has 3 heterocycles. The number of halogens is 1. The van der Waals surface area contributed by atoms with Crippen LogP contribution in [0.25, 0.3) is 11.1 Å². The van der Waals surface area contributed by atoms with Crippen molar-refractivity contribution < 1.29 is 14.0 Å². The number of nitrogens with one attached hydrogen (secondary N) is 1. The number of rotatable bonds is 5. The molecule has 1 aromatic carbocycles. The molecule has 1 saturated carbocycles. The molecule has 5 rings (SSSR count). The molecule has 1 aliphatic heterocycles. The quantitative estimate of drug-likeness (QED) is 0.538. The summed E-state index contributed by atoms with van der Waals surface area (Å²) in [6.07, 6.45) is 5.55. The van der Waals surface area contributed by atoms with Gasteiger partial charge in [0.25, 0.3) is 5.91 Å². The number of benzene rings is 1. The van der Waals surface area contributed by atoms with Crippen molar-refractivity contribution in [1.82, 2.24) is 14.8 Å². The molecule has 6 nitrogen and oxygen atoms in total. The Balaban J connectivity index is 1.46. The lowest BCUT2D eigenvalue weighted by molar-refractivity contribution is -0.134. The lowest BCUT2D eigenvalue weighted by atomic mass is 9.77. The first kappa shape index (κ1) is 23.0. The van der Waals surface area contributed by atoms with Crippen LogP contribution in [0.15, 0.2) is 47.1 Å². The number of hydrogen-bond acceptors (Lipinski definition) is 3. The van der Waals surface area contributed by atoms with Crippen molar-refractivity contribution >= 4 is 34.5 Å². The summed E-state index contributed by atoms with van der Waals surface area (Å²) in [5.41, 5.74) is 2.14. The highest BCUT2D eigenvalue weighted by atomic mass is 35.5. The van der Waals surface area contributed by atoms with Crippen LogP contribution in [0.2, 0.25) is 5.02 Å². The third kappa shape index (κ3) is 3.92. The van der Waals surface area contributed by atoms with Crippen molar-refractivity contribution in [2.45, 2.75) is 64.6 Å². The van der Waals surface area contributed by atoms with E-state index in [0.717, 1.165) is 23.9 Å². The minimum absolute atomic E-state index is 0.0844. The van der Waals surface area contributed by atoms with Gasteiger partial charge in [-0.15, -0.1) is 0 Å². The molecule has 180 valence electrons. The molecule has 3 aromatic rings. The van der Waals surface area contributed by atoms with Crippen molar-refractivity contribution in [2.24, 2.45) is 11.8 Å². The smallest absolute Gasteiger partial charge is 0.271 e. The van der Waals surface area contributed by atoms with Crippen LogP contribution in [0.1, 0.15) is 56.1 Å². The topological polar surface area (TPSA) is 67.5 Å². The summed E-state index contributed by atoms with van der Waals surface area (Å²) in [6.45, 7) is 7.21. The van der Waals surface area contributed by atoms with E-state index in [1.165, 1.54) is 6.42 Å². The normalized spacial score (nSPS) is 27.1. The largest absolute Gasteiger partial charge is 0.463 e. The van der Waals surface area contributed by atoms with Crippen LogP contribution in [0.3, 0.4) is 0 Å². The SMILES string of the molecule is CC1CCCC(NC(=O)C2(C)Cn3c(cc4occc43)C(=O)N2CCc2ccc(Cl)cc2)C1C. The van der Waals surface area contributed by atoms with E-state index in [2.05, 4.69) is 19.2 Å². The second-order valence-corrected chi connectivity index (χ2v) is 10.7. The molecule has 4 atom stereocenters. The molecule has 1 fully saturated rings. The second-order valence-electron chi connectivity index (χ2n) is 10.2. The molecule has 2 aromatic heterocycles. The number of aromatic nitrogens is 1. The molecule has 0 saturated heterocycles. The Morgan fingerprint density at radius 1 is 1.21 bits per heavy atom. The molecule has 7 heteroatoms. The van der Waals surface area contributed by atoms with E-state index in [1.54, 1.807) is 17.2 Å². The minimum Gasteiger partial charge on any atom is -0.463 e. The van der Waals surface area contributed by atoms with E-state index in [9.17, 15) is 9.59 Å². The third-order valence-corrected chi connectivity index (χ3v) is 8.35. The maximum atomic E-state index is 13.9. The van der Waals surface area contributed by atoms with E-state index < -0.39 is 5.54 Å². The van der Waals surface area contributed by atoms with Gasteiger partial charge in [-0.3, -0.25) is 9.59 Å². The highest BCUT2D eigenvalue weighted by molar-refractivity contribution is 6.30. The van der Waals surface area contributed by atoms with Crippen LogP contribution >= 0.6 is 11.6 Å². The molecule has 2 amide bonds. The van der Waals surface area contributed by atoms with Gasteiger partial charge >= 0.3 is 0 Å². The van der Waals surface area contributed by atoms with Gasteiger partial charge in [-0.1, -0.05) is 50.4 Å². The van der Waals surface area contributed by atoms with Crippen LogP contribution in [-0.2, 0) is 17.8 Å². The molecule has 34 heavy (non-hydrogen) atoms. The molecule has 0 bridgehead atoms. The first-order valence-electron chi connectivity index (χ1n) is 12.2. The summed E-state index contributed by atoms with van der Waals surface area (Å²) < 4.78 is 7.50. The predicted molar refractivity (Wildman–Crippen MR) is 133 cm³/mol.